The Morgan fingerprint density at radius 1 is 1.02 bits per heavy atom. The number of ether oxygens (including phenoxy) is 5. The van der Waals surface area contributed by atoms with E-state index in [9.17, 15) is 34.5 Å². The van der Waals surface area contributed by atoms with Gasteiger partial charge in [-0.05, 0) is 83.6 Å². The van der Waals surface area contributed by atoms with Crippen molar-refractivity contribution in [3.05, 3.63) is 57.3 Å². The summed E-state index contributed by atoms with van der Waals surface area (Å²) in [6, 6.07) is 7.04. The summed E-state index contributed by atoms with van der Waals surface area (Å²) in [6.45, 7) is 7.28. The standard InChI is InChI=1S/C41H57Cl2N5O12/c1-23-24(37(53)47-33-35(52)34(51)29(21-49)59-39(33)57-6)20-25(42)36(32(23)43)58-22-30-45-26-14-9-10-16-28(26)48(30)19-13-7-8-17-31(50)44-18-12-11-15-27(38(54)56-5)46-40(55)60-41(2,3)4/h9-10,14,16,20,27,29,33-35,39,49,51-52H,7-8,11-13,15,17-19,21-22H2,1-6H3,(H,44,50)(H,46,55)(H,47,53)/t27-,29+,33+,34+,35+,39-/m0/s1. The monoisotopic (exact) mass is 881 g/mol. The number of alkyl carbamates (subject to hydrolysis) is 1. The van der Waals surface area contributed by atoms with Crippen molar-refractivity contribution in [1.29, 1.82) is 0 Å². The summed E-state index contributed by atoms with van der Waals surface area (Å²) in [5.74, 6) is -0.536. The van der Waals surface area contributed by atoms with Crippen LogP contribution in [0.15, 0.2) is 30.3 Å². The van der Waals surface area contributed by atoms with Crippen molar-refractivity contribution in [3.8, 4) is 5.75 Å². The first kappa shape index (κ1) is 48.4. The number of para-hydroxylation sites is 2. The molecule has 1 aliphatic rings. The van der Waals surface area contributed by atoms with E-state index in [0.717, 1.165) is 23.9 Å². The Kier molecular flexibility index (Phi) is 18.2. The number of amides is 3. The first-order chi connectivity index (χ1) is 28.5. The number of rotatable bonds is 20. The number of carbonyl (C=O) groups is 4. The predicted molar refractivity (Wildman–Crippen MR) is 222 cm³/mol. The summed E-state index contributed by atoms with van der Waals surface area (Å²) in [7, 11) is 2.56. The summed E-state index contributed by atoms with van der Waals surface area (Å²) < 4.78 is 29.0. The van der Waals surface area contributed by atoms with Gasteiger partial charge in [-0.3, -0.25) is 9.59 Å². The van der Waals surface area contributed by atoms with Gasteiger partial charge in [-0.25, -0.2) is 14.6 Å². The fraction of sp³-hybridized carbons (Fsp3) is 0.585. The minimum absolute atomic E-state index is 0.00396. The molecule has 17 nitrogen and oxygen atoms in total. The lowest BCUT2D eigenvalue weighted by molar-refractivity contribution is -0.261. The van der Waals surface area contributed by atoms with Gasteiger partial charge in [0.1, 0.15) is 48.4 Å². The molecule has 1 aliphatic heterocycles. The van der Waals surface area contributed by atoms with Crippen molar-refractivity contribution in [2.45, 2.75) is 128 Å². The van der Waals surface area contributed by atoms with Gasteiger partial charge in [0.15, 0.2) is 12.0 Å². The third-order valence-electron chi connectivity index (χ3n) is 9.86. The molecule has 6 atom stereocenters. The molecule has 0 spiro atoms. The fourth-order valence-corrected chi connectivity index (χ4v) is 7.28. The number of unbranched alkanes of at least 4 members (excludes halogenated alkanes) is 3. The maximum atomic E-state index is 13.4. The van der Waals surface area contributed by atoms with Crippen molar-refractivity contribution < 1.29 is 58.2 Å². The smallest absolute Gasteiger partial charge is 0.408 e. The number of imidazole rings is 1. The van der Waals surface area contributed by atoms with Crippen molar-refractivity contribution >= 4 is 58.1 Å². The second-order valence-electron chi connectivity index (χ2n) is 15.5. The second kappa shape index (κ2) is 22.6. The normalized spacial score (nSPS) is 19.7. The Labute approximate surface area is 359 Å². The first-order valence-corrected chi connectivity index (χ1v) is 20.6. The number of halogens is 2. The van der Waals surface area contributed by atoms with Crippen LogP contribution in [-0.4, -0.2) is 118 Å². The number of carbonyl (C=O) groups excluding carboxylic acids is 4. The second-order valence-corrected chi connectivity index (χ2v) is 16.2. The third-order valence-corrected chi connectivity index (χ3v) is 10.6. The summed E-state index contributed by atoms with van der Waals surface area (Å²) in [6.07, 6.45) is -1.87. The van der Waals surface area contributed by atoms with Gasteiger partial charge in [-0.2, -0.15) is 0 Å². The van der Waals surface area contributed by atoms with Gasteiger partial charge in [0.05, 0.1) is 34.8 Å². The molecule has 19 heteroatoms. The molecule has 332 valence electrons. The zero-order valence-corrected chi connectivity index (χ0v) is 36.3. The van der Waals surface area contributed by atoms with Crippen LogP contribution in [0.25, 0.3) is 11.0 Å². The van der Waals surface area contributed by atoms with E-state index in [4.69, 9.17) is 51.9 Å². The van der Waals surface area contributed by atoms with Crippen molar-refractivity contribution in [3.63, 3.8) is 0 Å². The number of aromatic nitrogens is 2. The third kappa shape index (κ3) is 13.1. The van der Waals surface area contributed by atoms with Crippen LogP contribution in [0.2, 0.25) is 10.0 Å². The van der Waals surface area contributed by atoms with E-state index in [0.29, 0.717) is 56.6 Å². The van der Waals surface area contributed by atoms with Gasteiger partial charge < -0.3 is 59.5 Å². The Morgan fingerprint density at radius 3 is 2.43 bits per heavy atom. The maximum absolute atomic E-state index is 13.4. The van der Waals surface area contributed by atoms with E-state index in [-0.39, 0.29) is 33.9 Å². The van der Waals surface area contributed by atoms with Crippen LogP contribution < -0.4 is 20.7 Å². The van der Waals surface area contributed by atoms with Gasteiger partial charge in [0.2, 0.25) is 5.91 Å². The lowest BCUT2D eigenvalue weighted by Crippen LogP contribution is -2.64. The van der Waals surface area contributed by atoms with Gasteiger partial charge in [0, 0.05) is 32.2 Å². The van der Waals surface area contributed by atoms with Crippen LogP contribution in [0.4, 0.5) is 4.79 Å². The zero-order valence-electron chi connectivity index (χ0n) is 34.8. The van der Waals surface area contributed by atoms with E-state index in [2.05, 4.69) is 16.0 Å². The number of nitrogens with zero attached hydrogens (tertiary/aromatic N) is 2. The number of methoxy groups -OCH3 is 2. The largest absolute Gasteiger partial charge is 0.483 e. The molecular formula is C41H57Cl2N5O12. The molecule has 2 aromatic carbocycles. The van der Waals surface area contributed by atoms with Crippen LogP contribution in [0.3, 0.4) is 0 Å². The number of aryl methyl sites for hydroxylation is 1. The average molecular weight is 883 g/mol. The van der Waals surface area contributed by atoms with Crippen molar-refractivity contribution in [2.75, 3.05) is 27.4 Å². The van der Waals surface area contributed by atoms with Gasteiger partial charge in [-0.1, -0.05) is 41.8 Å². The number of aliphatic hydroxyl groups is 3. The van der Waals surface area contributed by atoms with Crippen LogP contribution in [-0.2, 0) is 41.7 Å². The molecule has 0 aliphatic carbocycles. The number of nitrogens with one attached hydrogen (secondary N) is 3. The molecule has 3 amide bonds. The van der Waals surface area contributed by atoms with E-state index < -0.39 is 66.9 Å². The molecule has 0 radical (unpaired) electrons. The Morgan fingerprint density at radius 2 is 1.75 bits per heavy atom. The lowest BCUT2D eigenvalue weighted by atomic mass is 9.96. The van der Waals surface area contributed by atoms with E-state index >= 15 is 0 Å². The topological polar surface area (TPSA) is 229 Å². The van der Waals surface area contributed by atoms with E-state index in [1.165, 1.54) is 20.3 Å². The van der Waals surface area contributed by atoms with Crippen molar-refractivity contribution in [1.82, 2.24) is 25.5 Å². The molecule has 0 bridgehead atoms. The summed E-state index contributed by atoms with van der Waals surface area (Å²) in [4.78, 5) is 55.0. The number of hydrogen-bond acceptors (Lipinski definition) is 13. The Balaban J connectivity index is 1.27. The summed E-state index contributed by atoms with van der Waals surface area (Å²) in [5.41, 5.74) is 1.41. The molecule has 3 aromatic rings. The highest BCUT2D eigenvalue weighted by Crippen LogP contribution is 2.38. The number of esters is 1. The number of hydrogen-bond donors (Lipinski definition) is 6. The molecule has 4 rings (SSSR count). The zero-order chi connectivity index (χ0) is 44.1. The number of fused-ring (bicyclic) bond motifs is 1. The lowest BCUT2D eigenvalue weighted by Gasteiger charge is -2.41. The molecule has 0 unspecified atom stereocenters. The fourth-order valence-electron chi connectivity index (χ4n) is 6.71. The highest BCUT2D eigenvalue weighted by Gasteiger charge is 2.45. The van der Waals surface area contributed by atoms with Crippen LogP contribution in [0, 0.1) is 6.92 Å². The van der Waals surface area contributed by atoms with E-state index in [1.807, 2.05) is 28.8 Å². The summed E-state index contributed by atoms with van der Waals surface area (Å²) in [5, 5.41) is 38.7. The molecule has 1 aromatic heterocycles. The molecule has 0 saturated carbocycles. The molecule has 2 heterocycles. The van der Waals surface area contributed by atoms with Crippen LogP contribution >= 0.6 is 23.2 Å². The maximum Gasteiger partial charge on any atom is 0.408 e. The number of aliphatic hydroxyl groups excluding tert-OH is 3. The molecule has 1 fully saturated rings. The molecule has 60 heavy (non-hydrogen) atoms. The Hall–Kier alpha value is -4.23. The highest BCUT2D eigenvalue weighted by atomic mass is 35.5. The van der Waals surface area contributed by atoms with Crippen molar-refractivity contribution in [2.24, 2.45) is 0 Å². The van der Waals surface area contributed by atoms with Gasteiger partial charge in [-0.15, -0.1) is 0 Å². The van der Waals surface area contributed by atoms with Crippen LogP contribution in [0.5, 0.6) is 5.75 Å². The number of benzene rings is 2. The van der Waals surface area contributed by atoms with Crippen LogP contribution in [0.1, 0.15) is 87.5 Å². The average Bonchev–Trinajstić information content (AvgIpc) is 3.56. The minimum Gasteiger partial charge on any atom is -0.483 e. The Bertz CT molecular complexity index is 1940. The van der Waals surface area contributed by atoms with Gasteiger partial charge >= 0.3 is 12.1 Å². The molecule has 6 N–H and O–H groups in total. The first-order valence-electron chi connectivity index (χ1n) is 19.8. The highest BCUT2D eigenvalue weighted by molar-refractivity contribution is 6.38. The summed E-state index contributed by atoms with van der Waals surface area (Å²) >= 11 is 13.4. The minimum atomic E-state index is -1.50. The van der Waals surface area contributed by atoms with E-state index in [1.54, 1.807) is 27.7 Å². The SMILES string of the molecule is COC(=O)[C@H](CCCCNC(=O)CCCCCn1c(COc2c(Cl)cc(C(=O)N[C@H]3[C@@H](OC)O[C@H](CO)[C@@H](O)[C@@H]3O)c(C)c2Cl)nc2ccccc21)NC(=O)OC(C)(C)C. The quantitative estimate of drug-likeness (QED) is 0.0687. The molecular weight excluding hydrogens is 825 g/mol. The molecule has 1 saturated heterocycles. The predicted octanol–water partition coefficient (Wildman–Crippen LogP) is 4.33. The van der Waals surface area contributed by atoms with Gasteiger partial charge in [0.25, 0.3) is 5.91 Å².